The van der Waals surface area contributed by atoms with Crippen molar-refractivity contribution in [3.63, 3.8) is 0 Å². The molecule has 0 aliphatic rings. The molecule has 0 aliphatic carbocycles. The van der Waals surface area contributed by atoms with E-state index in [0.29, 0.717) is 12.1 Å². The first-order valence-corrected chi connectivity index (χ1v) is 8.90. The standard InChI is InChI=1S/C18H38N/c1-5-7-9-11-13-15-17(3)19-18(4)16-14-12-10-8-6-2/h17-18H,5-16H2,1-4H3. The normalized spacial score (nSPS) is 14.5. The molecule has 0 fully saturated rings. The fourth-order valence-electron chi connectivity index (χ4n) is 2.67. The van der Waals surface area contributed by atoms with Gasteiger partial charge < -0.3 is 0 Å². The van der Waals surface area contributed by atoms with Crippen molar-refractivity contribution in [3.05, 3.63) is 0 Å². The fraction of sp³-hybridized carbons (Fsp3) is 1.00. The zero-order valence-electron chi connectivity index (χ0n) is 14.1. The molecule has 0 spiro atoms. The maximum atomic E-state index is 4.91. The van der Waals surface area contributed by atoms with Crippen LogP contribution in [-0.2, 0) is 0 Å². The molecular formula is C18H38N. The largest absolute Gasteiger partial charge is 0.236 e. The summed E-state index contributed by atoms with van der Waals surface area (Å²) in [7, 11) is 0. The van der Waals surface area contributed by atoms with Gasteiger partial charge in [-0.05, 0) is 26.7 Å². The van der Waals surface area contributed by atoms with Gasteiger partial charge in [-0.15, -0.1) is 0 Å². The van der Waals surface area contributed by atoms with Gasteiger partial charge in [-0.25, -0.2) is 5.32 Å². The molecule has 1 heteroatoms. The second-order valence-corrected chi connectivity index (χ2v) is 6.25. The van der Waals surface area contributed by atoms with E-state index in [0.717, 1.165) is 0 Å². The van der Waals surface area contributed by atoms with Crippen molar-refractivity contribution in [2.45, 2.75) is 117 Å². The molecule has 0 aliphatic heterocycles. The van der Waals surface area contributed by atoms with Crippen LogP contribution in [0.3, 0.4) is 0 Å². The number of hydrogen-bond donors (Lipinski definition) is 0. The molecule has 1 nitrogen and oxygen atoms in total. The summed E-state index contributed by atoms with van der Waals surface area (Å²) < 4.78 is 0. The monoisotopic (exact) mass is 268 g/mol. The molecule has 1 radical (unpaired) electrons. The first-order chi connectivity index (χ1) is 9.20. The Balaban J connectivity index is 3.34. The molecule has 0 N–H and O–H groups in total. The van der Waals surface area contributed by atoms with Crippen LogP contribution in [-0.4, -0.2) is 12.1 Å². The van der Waals surface area contributed by atoms with Crippen LogP contribution in [0.5, 0.6) is 0 Å². The van der Waals surface area contributed by atoms with E-state index in [9.17, 15) is 0 Å². The summed E-state index contributed by atoms with van der Waals surface area (Å²) >= 11 is 0. The predicted octanol–water partition coefficient (Wildman–Crippen LogP) is 6.09. The first kappa shape index (κ1) is 19.0. The van der Waals surface area contributed by atoms with E-state index in [1.165, 1.54) is 77.0 Å². The van der Waals surface area contributed by atoms with Crippen LogP contribution in [0.1, 0.15) is 105 Å². The average molecular weight is 269 g/mol. The minimum absolute atomic E-state index is 0.576. The summed E-state index contributed by atoms with van der Waals surface area (Å²) in [4.78, 5) is 0. The Morgan fingerprint density at radius 2 is 0.947 bits per heavy atom. The molecule has 0 rings (SSSR count). The van der Waals surface area contributed by atoms with Crippen LogP contribution in [0, 0.1) is 0 Å². The maximum Gasteiger partial charge on any atom is 0.0220 e. The minimum atomic E-state index is 0.576. The first-order valence-electron chi connectivity index (χ1n) is 8.90. The van der Waals surface area contributed by atoms with E-state index in [1.54, 1.807) is 0 Å². The van der Waals surface area contributed by atoms with E-state index < -0.39 is 0 Å². The van der Waals surface area contributed by atoms with Gasteiger partial charge in [0.1, 0.15) is 0 Å². The summed E-state index contributed by atoms with van der Waals surface area (Å²) in [6, 6.07) is 1.15. The highest BCUT2D eigenvalue weighted by Crippen LogP contribution is 2.11. The van der Waals surface area contributed by atoms with Crippen LogP contribution in [0.2, 0.25) is 0 Å². The zero-order valence-corrected chi connectivity index (χ0v) is 14.1. The molecular weight excluding hydrogens is 230 g/mol. The highest BCUT2D eigenvalue weighted by Gasteiger charge is 2.08. The molecule has 2 unspecified atom stereocenters. The predicted molar refractivity (Wildman–Crippen MR) is 87.8 cm³/mol. The zero-order chi connectivity index (χ0) is 14.3. The molecule has 115 valence electrons. The lowest BCUT2D eigenvalue weighted by molar-refractivity contribution is 0.394. The molecule has 0 heterocycles. The smallest absolute Gasteiger partial charge is 0.0220 e. The number of rotatable bonds is 14. The van der Waals surface area contributed by atoms with Crippen molar-refractivity contribution >= 4 is 0 Å². The van der Waals surface area contributed by atoms with Crippen molar-refractivity contribution in [2.75, 3.05) is 0 Å². The van der Waals surface area contributed by atoms with Gasteiger partial charge in [-0.2, -0.15) is 0 Å². The Morgan fingerprint density at radius 3 is 1.32 bits per heavy atom. The fourth-order valence-corrected chi connectivity index (χ4v) is 2.67. The van der Waals surface area contributed by atoms with E-state index in [2.05, 4.69) is 27.7 Å². The van der Waals surface area contributed by atoms with Crippen molar-refractivity contribution in [1.82, 2.24) is 5.32 Å². The molecule has 19 heavy (non-hydrogen) atoms. The molecule has 0 bridgehead atoms. The summed E-state index contributed by atoms with van der Waals surface area (Å²) in [6.07, 6.45) is 16.4. The van der Waals surface area contributed by atoms with Crippen molar-refractivity contribution in [1.29, 1.82) is 0 Å². The quantitative estimate of drug-likeness (QED) is 0.338. The second kappa shape index (κ2) is 14.4. The Bertz CT molecular complexity index is 149. The Morgan fingerprint density at radius 1 is 0.579 bits per heavy atom. The van der Waals surface area contributed by atoms with Crippen LogP contribution >= 0.6 is 0 Å². The van der Waals surface area contributed by atoms with Crippen molar-refractivity contribution in [3.8, 4) is 0 Å². The van der Waals surface area contributed by atoms with Crippen LogP contribution < -0.4 is 5.32 Å². The lowest BCUT2D eigenvalue weighted by Gasteiger charge is -2.17. The van der Waals surface area contributed by atoms with Crippen LogP contribution in [0.4, 0.5) is 0 Å². The number of unbranched alkanes of at least 4 members (excludes halogenated alkanes) is 8. The molecule has 0 aromatic rings. The van der Waals surface area contributed by atoms with Gasteiger partial charge in [-0.1, -0.05) is 78.1 Å². The third kappa shape index (κ3) is 14.2. The van der Waals surface area contributed by atoms with Gasteiger partial charge in [0.15, 0.2) is 0 Å². The van der Waals surface area contributed by atoms with Gasteiger partial charge in [0.05, 0.1) is 0 Å². The van der Waals surface area contributed by atoms with Gasteiger partial charge in [0.2, 0.25) is 0 Å². The summed E-state index contributed by atoms with van der Waals surface area (Å²) in [6.45, 7) is 9.15. The summed E-state index contributed by atoms with van der Waals surface area (Å²) in [5.41, 5.74) is 0. The van der Waals surface area contributed by atoms with E-state index in [-0.39, 0.29) is 0 Å². The van der Waals surface area contributed by atoms with E-state index >= 15 is 0 Å². The SMILES string of the molecule is CCCCCCCC(C)[N]C(C)CCCCCCC. The second-order valence-electron chi connectivity index (χ2n) is 6.25. The van der Waals surface area contributed by atoms with Gasteiger partial charge in [0, 0.05) is 12.1 Å². The Hall–Kier alpha value is -0.0400. The lowest BCUT2D eigenvalue weighted by atomic mass is 10.0. The van der Waals surface area contributed by atoms with Crippen molar-refractivity contribution in [2.24, 2.45) is 0 Å². The Labute approximate surface area is 122 Å². The molecule has 0 aromatic carbocycles. The minimum Gasteiger partial charge on any atom is -0.236 e. The van der Waals surface area contributed by atoms with Crippen LogP contribution in [0.25, 0.3) is 0 Å². The third-order valence-corrected chi connectivity index (χ3v) is 3.96. The summed E-state index contributed by atoms with van der Waals surface area (Å²) in [5.74, 6) is 0. The highest BCUT2D eigenvalue weighted by molar-refractivity contribution is 4.67. The maximum absolute atomic E-state index is 4.91. The van der Waals surface area contributed by atoms with Crippen LogP contribution in [0.15, 0.2) is 0 Å². The number of hydrogen-bond acceptors (Lipinski definition) is 0. The van der Waals surface area contributed by atoms with Gasteiger partial charge in [0.25, 0.3) is 0 Å². The van der Waals surface area contributed by atoms with Gasteiger partial charge >= 0.3 is 0 Å². The molecule has 0 amide bonds. The average Bonchev–Trinajstić information content (AvgIpc) is 2.38. The Kier molecular flexibility index (Phi) is 14.3. The van der Waals surface area contributed by atoms with Crippen molar-refractivity contribution < 1.29 is 0 Å². The van der Waals surface area contributed by atoms with E-state index in [1.807, 2.05) is 0 Å². The van der Waals surface area contributed by atoms with Gasteiger partial charge in [-0.3, -0.25) is 0 Å². The molecule has 0 saturated carbocycles. The number of nitrogens with zero attached hydrogens (tertiary/aromatic N) is 1. The third-order valence-electron chi connectivity index (χ3n) is 3.96. The molecule has 2 atom stereocenters. The topological polar surface area (TPSA) is 14.1 Å². The summed E-state index contributed by atoms with van der Waals surface area (Å²) in [5, 5.41) is 4.91. The molecule has 0 saturated heterocycles. The van der Waals surface area contributed by atoms with E-state index in [4.69, 9.17) is 5.32 Å². The lowest BCUT2D eigenvalue weighted by Crippen LogP contribution is -2.27. The highest BCUT2D eigenvalue weighted by atomic mass is 14.9. The molecule has 0 aromatic heterocycles.